The van der Waals surface area contributed by atoms with Crippen LogP contribution in [-0.2, 0) is 0 Å². The molecule has 21 heavy (non-hydrogen) atoms. The van der Waals surface area contributed by atoms with Crippen LogP contribution in [0.15, 0.2) is 41.5 Å². The molecule has 0 fully saturated rings. The van der Waals surface area contributed by atoms with Crippen LogP contribution in [0.3, 0.4) is 0 Å². The van der Waals surface area contributed by atoms with Crippen LogP contribution in [-0.4, -0.2) is 23.2 Å². The highest BCUT2D eigenvalue weighted by atomic mass is 16.5. The summed E-state index contributed by atoms with van der Waals surface area (Å²) in [7, 11) is 1.62. The van der Waals surface area contributed by atoms with Crippen molar-refractivity contribution in [3.63, 3.8) is 0 Å². The zero-order valence-electron chi connectivity index (χ0n) is 12.7. The van der Waals surface area contributed by atoms with Gasteiger partial charge in [-0.25, -0.2) is 4.98 Å². The predicted octanol–water partition coefficient (Wildman–Crippen LogP) is 2.70. The fourth-order valence-electron chi connectivity index (χ4n) is 1.96. The highest BCUT2D eigenvalue weighted by molar-refractivity contribution is 5.40. The summed E-state index contributed by atoms with van der Waals surface area (Å²) in [5.41, 5.74) is 0.640. The summed E-state index contributed by atoms with van der Waals surface area (Å²) in [4.78, 5) is 16.5. The molecule has 1 aromatic carbocycles. The average Bonchev–Trinajstić information content (AvgIpc) is 2.49. The zero-order chi connectivity index (χ0) is 15.2. The van der Waals surface area contributed by atoms with Crippen molar-refractivity contribution in [2.45, 2.75) is 20.3 Å². The van der Waals surface area contributed by atoms with Crippen molar-refractivity contribution in [3.8, 4) is 11.4 Å². The number of hydrogen-bond acceptors (Lipinski definition) is 4. The maximum atomic E-state index is 12.4. The fraction of sp³-hybridized carbons (Fsp3) is 0.375. The molecule has 0 aliphatic heterocycles. The third-order valence-electron chi connectivity index (χ3n) is 3.21. The molecule has 0 radical (unpaired) electrons. The number of rotatable bonds is 6. The van der Waals surface area contributed by atoms with E-state index in [1.54, 1.807) is 24.1 Å². The van der Waals surface area contributed by atoms with Gasteiger partial charge >= 0.3 is 0 Å². The average molecular weight is 287 g/mol. The normalized spacial score (nSPS) is 10.7. The van der Waals surface area contributed by atoms with Gasteiger partial charge in [-0.3, -0.25) is 9.36 Å². The molecular formula is C16H21N3O2. The van der Waals surface area contributed by atoms with E-state index in [-0.39, 0.29) is 5.56 Å². The van der Waals surface area contributed by atoms with E-state index < -0.39 is 0 Å². The van der Waals surface area contributed by atoms with E-state index in [4.69, 9.17) is 4.74 Å². The fourth-order valence-corrected chi connectivity index (χ4v) is 1.96. The Bertz CT molecular complexity index is 633. The Morgan fingerprint density at radius 3 is 2.62 bits per heavy atom. The quantitative estimate of drug-likeness (QED) is 0.887. The van der Waals surface area contributed by atoms with Crippen LogP contribution in [0, 0.1) is 5.92 Å². The first-order valence-corrected chi connectivity index (χ1v) is 7.07. The third-order valence-corrected chi connectivity index (χ3v) is 3.21. The monoisotopic (exact) mass is 287 g/mol. The van der Waals surface area contributed by atoms with Gasteiger partial charge in [0.05, 0.1) is 7.11 Å². The number of methoxy groups -OCH3 is 1. The highest BCUT2D eigenvalue weighted by Gasteiger charge is 2.06. The van der Waals surface area contributed by atoms with Crippen LogP contribution in [0.2, 0.25) is 0 Å². The van der Waals surface area contributed by atoms with Crippen molar-refractivity contribution >= 4 is 5.82 Å². The maximum Gasteiger partial charge on any atom is 0.297 e. The highest BCUT2D eigenvalue weighted by Crippen LogP contribution is 2.13. The van der Waals surface area contributed by atoms with Crippen molar-refractivity contribution in [1.29, 1.82) is 0 Å². The van der Waals surface area contributed by atoms with Gasteiger partial charge in [0.1, 0.15) is 5.75 Å². The number of nitrogens with one attached hydrogen (secondary N) is 1. The van der Waals surface area contributed by atoms with E-state index in [1.165, 1.54) is 0 Å². The summed E-state index contributed by atoms with van der Waals surface area (Å²) in [6, 6.07) is 7.35. The minimum absolute atomic E-state index is 0.147. The summed E-state index contributed by atoms with van der Waals surface area (Å²) in [5, 5.41) is 3.11. The van der Waals surface area contributed by atoms with Crippen molar-refractivity contribution in [3.05, 3.63) is 47.0 Å². The van der Waals surface area contributed by atoms with Gasteiger partial charge in [0.25, 0.3) is 5.56 Å². The second-order valence-corrected chi connectivity index (χ2v) is 5.26. The zero-order valence-corrected chi connectivity index (χ0v) is 12.7. The number of anilines is 1. The first kappa shape index (κ1) is 15.1. The molecule has 0 aliphatic rings. The lowest BCUT2D eigenvalue weighted by molar-refractivity contribution is 0.414. The van der Waals surface area contributed by atoms with E-state index in [0.717, 1.165) is 24.4 Å². The van der Waals surface area contributed by atoms with Gasteiger partial charge in [0.15, 0.2) is 5.82 Å². The van der Waals surface area contributed by atoms with Gasteiger partial charge in [0, 0.05) is 24.6 Å². The molecule has 0 spiro atoms. The van der Waals surface area contributed by atoms with E-state index in [0.29, 0.717) is 11.7 Å². The summed E-state index contributed by atoms with van der Waals surface area (Å²) >= 11 is 0. The number of nitrogens with zero attached hydrogens (tertiary/aromatic N) is 2. The lowest BCUT2D eigenvalue weighted by atomic mass is 10.1. The number of hydrogen-bond donors (Lipinski definition) is 1. The molecule has 1 aromatic heterocycles. The standard InChI is InChI=1S/C16H21N3O2/c1-12(2)8-9-17-15-16(20)19(11-10-18-15)13-4-6-14(21-3)7-5-13/h4-7,10-12H,8-9H2,1-3H3,(H,17,18). The van der Waals surface area contributed by atoms with Gasteiger partial charge in [0.2, 0.25) is 0 Å². The molecule has 5 heteroatoms. The Morgan fingerprint density at radius 2 is 2.00 bits per heavy atom. The predicted molar refractivity (Wildman–Crippen MR) is 84.3 cm³/mol. The summed E-state index contributed by atoms with van der Waals surface area (Å²) in [6.07, 6.45) is 4.29. The molecule has 1 N–H and O–H groups in total. The first-order valence-electron chi connectivity index (χ1n) is 7.07. The first-order chi connectivity index (χ1) is 10.1. The molecule has 2 rings (SSSR count). The van der Waals surface area contributed by atoms with Gasteiger partial charge in [-0.05, 0) is 36.6 Å². The largest absolute Gasteiger partial charge is 0.497 e. The minimum Gasteiger partial charge on any atom is -0.497 e. The van der Waals surface area contributed by atoms with Crippen LogP contribution in [0.1, 0.15) is 20.3 Å². The van der Waals surface area contributed by atoms with Crippen LogP contribution in [0.5, 0.6) is 5.75 Å². The Balaban J connectivity index is 2.22. The van der Waals surface area contributed by atoms with Crippen molar-refractivity contribution in [2.75, 3.05) is 19.0 Å². The van der Waals surface area contributed by atoms with E-state index in [2.05, 4.69) is 24.1 Å². The Kier molecular flexibility index (Phi) is 4.98. The van der Waals surface area contributed by atoms with Gasteiger partial charge in [-0.1, -0.05) is 13.8 Å². The molecule has 2 aromatic rings. The van der Waals surface area contributed by atoms with E-state index in [9.17, 15) is 4.79 Å². The van der Waals surface area contributed by atoms with Crippen LogP contribution in [0.4, 0.5) is 5.82 Å². The van der Waals surface area contributed by atoms with Gasteiger partial charge in [-0.15, -0.1) is 0 Å². The molecule has 1 heterocycles. The molecule has 0 saturated heterocycles. The Morgan fingerprint density at radius 1 is 1.29 bits per heavy atom. The molecule has 0 bridgehead atoms. The summed E-state index contributed by atoms with van der Waals surface area (Å²) in [6.45, 7) is 5.04. The topological polar surface area (TPSA) is 56.1 Å². The number of benzene rings is 1. The van der Waals surface area contributed by atoms with E-state index in [1.807, 2.05) is 24.3 Å². The Hall–Kier alpha value is -2.30. The molecule has 0 aliphatic carbocycles. The number of aromatic nitrogens is 2. The Labute approximate surface area is 124 Å². The molecule has 0 amide bonds. The molecule has 0 saturated carbocycles. The second-order valence-electron chi connectivity index (χ2n) is 5.26. The van der Waals surface area contributed by atoms with Crippen LogP contribution < -0.4 is 15.6 Å². The molecular weight excluding hydrogens is 266 g/mol. The SMILES string of the molecule is COc1ccc(-n2ccnc(NCCC(C)C)c2=O)cc1. The second kappa shape index (κ2) is 6.92. The van der Waals surface area contributed by atoms with Gasteiger partial charge in [-0.2, -0.15) is 0 Å². The van der Waals surface area contributed by atoms with Crippen molar-refractivity contribution in [2.24, 2.45) is 5.92 Å². The van der Waals surface area contributed by atoms with Crippen molar-refractivity contribution in [1.82, 2.24) is 9.55 Å². The lowest BCUT2D eigenvalue weighted by Gasteiger charge is -2.10. The number of ether oxygens (including phenoxy) is 1. The third kappa shape index (κ3) is 3.84. The smallest absolute Gasteiger partial charge is 0.297 e. The molecule has 0 unspecified atom stereocenters. The molecule has 5 nitrogen and oxygen atoms in total. The van der Waals surface area contributed by atoms with Gasteiger partial charge < -0.3 is 10.1 Å². The van der Waals surface area contributed by atoms with Crippen LogP contribution >= 0.6 is 0 Å². The van der Waals surface area contributed by atoms with Crippen molar-refractivity contribution < 1.29 is 4.74 Å². The maximum absolute atomic E-state index is 12.4. The lowest BCUT2D eigenvalue weighted by Crippen LogP contribution is -2.23. The molecule has 112 valence electrons. The molecule has 0 atom stereocenters. The summed E-state index contributed by atoms with van der Waals surface area (Å²) < 4.78 is 6.70. The van der Waals surface area contributed by atoms with E-state index >= 15 is 0 Å². The van der Waals surface area contributed by atoms with Crippen LogP contribution in [0.25, 0.3) is 5.69 Å². The summed E-state index contributed by atoms with van der Waals surface area (Å²) in [5.74, 6) is 1.73. The minimum atomic E-state index is -0.147.